The van der Waals surface area contributed by atoms with Gasteiger partial charge >= 0.3 is 5.97 Å². The van der Waals surface area contributed by atoms with Gasteiger partial charge in [-0.25, -0.2) is 4.79 Å². The lowest BCUT2D eigenvalue weighted by molar-refractivity contribution is -0.173. The predicted octanol–water partition coefficient (Wildman–Crippen LogP) is 2.73. The zero-order chi connectivity index (χ0) is 17.4. The smallest absolute Gasteiger partial charge is 0.335 e. The first-order valence-corrected chi connectivity index (χ1v) is 7.80. The second-order valence-corrected chi connectivity index (χ2v) is 7.47. The minimum absolute atomic E-state index is 0.406. The quantitative estimate of drug-likeness (QED) is 0.867. The Morgan fingerprint density at radius 2 is 2.04 bits per heavy atom. The van der Waals surface area contributed by atoms with Crippen LogP contribution in [-0.2, 0) is 16.0 Å². The van der Waals surface area contributed by atoms with Crippen molar-refractivity contribution in [2.45, 2.75) is 58.3 Å². The van der Waals surface area contributed by atoms with Crippen molar-refractivity contribution < 1.29 is 24.1 Å². The van der Waals surface area contributed by atoms with Gasteiger partial charge in [0, 0.05) is 5.92 Å². The molecule has 0 spiro atoms. The molecule has 1 heterocycles. The number of benzene rings is 1. The second-order valence-electron chi connectivity index (χ2n) is 7.47. The standard InChI is InChI=1S/C18H26O5/c1-17(2,3)23-16(20)15(19)13-10-11-9-12(21-6)7-8-14(11)22-18(13,4)5/h7-9,13,15,19H,10H2,1-6H3/t13?,15-/m0/s1. The molecule has 1 aliphatic heterocycles. The SMILES string of the molecule is COc1ccc2c(c1)CC([C@H](O)C(=O)OC(C)(C)C)C(C)(C)O2. The number of aliphatic hydroxyl groups is 1. The number of fused-ring (bicyclic) bond motifs is 1. The third-order valence-electron chi connectivity index (χ3n) is 4.00. The maximum Gasteiger partial charge on any atom is 0.335 e. The lowest BCUT2D eigenvalue weighted by atomic mass is 9.78. The van der Waals surface area contributed by atoms with Gasteiger partial charge in [-0.2, -0.15) is 0 Å². The number of rotatable bonds is 3. The number of hydrogen-bond acceptors (Lipinski definition) is 5. The Balaban J connectivity index is 2.26. The summed E-state index contributed by atoms with van der Waals surface area (Å²) < 4.78 is 16.6. The molecule has 2 rings (SSSR count). The van der Waals surface area contributed by atoms with Crippen LogP contribution in [0, 0.1) is 5.92 Å². The van der Waals surface area contributed by atoms with Gasteiger partial charge in [-0.15, -0.1) is 0 Å². The van der Waals surface area contributed by atoms with Gasteiger partial charge in [-0.05, 0) is 64.8 Å². The summed E-state index contributed by atoms with van der Waals surface area (Å²) in [7, 11) is 1.60. The minimum Gasteiger partial charge on any atom is -0.497 e. The van der Waals surface area contributed by atoms with Gasteiger partial charge in [-0.3, -0.25) is 0 Å². The summed E-state index contributed by atoms with van der Waals surface area (Å²) in [6.07, 6.45) is -0.733. The first-order valence-electron chi connectivity index (χ1n) is 7.80. The Labute approximate surface area is 137 Å². The molecule has 1 unspecified atom stereocenters. The van der Waals surface area contributed by atoms with Crippen molar-refractivity contribution in [1.29, 1.82) is 0 Å². The summed E-state index contributed by atoms with van der Waals surface area (Å²) >= 11 is 0. The van der Waals surface area contributed by atoms with E-state index in [2.05, 4.69) is 0 Å². The monoisotopic (exact) mass is 322 g/mol. The summed E-state index contributed by atoms with van der Waals surface area (Å²) in [5, 5.41) is 10.5. The van der Waals surface area contributed by atoms with Gasteiger partial charge in [0.2, 0.25) is 0 Å². The number of methoxy groups -OCH3 is 1. The molecule has 0 saturated heterocycles. The topological polar surface area (TPSA) is 65.0 Å². The highest BCUT2D eigenvalue weighted by atomic mass is 16.6. The van der Waals surface area contributed by atoms with E-state index in [4.69, 9.17) is 14.2 Å². The van der Waals surface area contributed by atoms with Gasteiger partial charge in [0.15, 0.2) is 6.10 Å². The third kappa shape index (κ3) is 3.96. The maximum atomic E-state index is 12.2. The second kappa shape index (κ2) is 6.04. The molecule has 23 heavy (non-hydrogen) atoms. The molecule has 5 heteroatoms. The molecular formula is C18H26O5. The zero-order valence-electron chi connectivity index (χ0n) is 14.7. The van der Waals surface area contributed by atoms with Gasteiger partial charge in [-0.1, -0.05) is 0 Å². The molecule has 1 aliphatic rings. The summed E-state index contributed by atoms with van der Waals surface area (Å²) in [6, 6.07) is 5.56. The van der Waals surface area contributed by atoms with Crippen LogP contribution in [0.3, 0.4) is 0 Å². The normalized spacial score (nSPS) is 20.9. The summed E-state index contributed by atoms with van der Waals surface area (Å²) in [5.41, 5.74) is -0.409. The lowest BCUT2D eigenvalue weighted by Crippen LogP contribution is -2.51. The molecule has 0 bridgehead atoms. The van der Waals surface area contributed by atoms with E-state index in [1.807, 2.05) is 32.0 Å². The van der Waals surface area contributed by atoms with Gasteiger partial charge in [0.25, 0.3) is 0 Å². The van der Waals surface area contributed by atoms with Crippen LogP contribution in [0.4, 0.5) is 0 Å². The minimum atomic E-state index is -1.25. The van der Waals surface area contributed by atoms with Crippen molar-refractivity contribution in [2.75, 3.05) is 7.11 Å². The zero-order valence-corrected chi connectivity index (χ0v) is 14.7. The molecule has 1 aromatic carbocycles. The average molecular weight is 322 g/mol. The Morgan fingerprint density at radius 3 is 2.61 bits per heavy atom. The van der Waals surface area contributed by atoms with E-state index in [0.717, 1.165) is 17.1 Å². The van der Waals surface area contributed by atoms with Crippen LogP contribution >= 0.6 is 0 Å². The Kier molecular flexibility index (Phi) is 4.62. The first kappa shape index (κ1) is 17.6. The molecule has 2 atom stereocenters. The molecule has 0 saturated carbocycles. The summed E-state index contributed by atoms with van der Waals surface area (Å²) in [4.78, 5) is 12.2. The fourth-order valence-electron chi connectivity index (χ4n) is 2.80. The Bertz CT molecular complexity index is 586. The fraction of sp³-hybridized carbons (Fsp3) is 0.611. The number of ether oxygens (including phenoxy) is 3. The lowest BCUT2D eigenvalue weighted by Gasteiger charge is -2.42. The van der Waals surface area contributed by atoms with Crippen LogP contribution in [0.15, 0.2) is 18.2 Å². The van der Waals surface area contributed by atoms with E-state index in [9.17, 15) is 9.90 Å². The van der Waals surface area contributed by atoms with Crippen LogP contribution in [0.5, 0.6) is 11.5 Å². The Morgan fingerprint density at radius 1 is 1.39 bits per heavy atom. The number of hydrogen-bond donors (Lipinski definition) is 1. The van der Waals surface area contributed by atoms with E-state index in [1.165, 1.54) is 0 Å². The van der Waals surface area contributed by atoms with Crippen LogP contribution in [0.2, 0.25) is 0 Å². The molecule has 1 aromatic rings. The van der Waals surface area contributed by atoms with E-state index < -0.39 is 29.2 Å². The highest BCUT2D eigenvalue weighted by Crippen LogP contribution is 2.40. The molecule has 5 nitrogen and oxygen atoms in total. The third-order valence-corrected chi connectivity index (χ3v) is 4.00. The van der Waals surface area contributed by atoms with Crippen molar-refractivity contribution in [3.05, 3.63) is 23.8 Å². The van der Waals surface area contributed by atoms with Gasteiger partial charge in [0.1, 0.15) is 22.7 Å². The molecule has 1 N–H and O–H groups in total. The molecule has 0 radical (unpaired) electrons. The molecule has 0 amide bonds. The largest absolute Gasteiger partial charge is 0.497 e. The van der Waals surface area contributed by atoms with E-state index in [0.29, 0.717) is 6.42 Å². The van der Waals surface area contributed by atoms with Crippen molar-refractivity contribution in [2.24, 2.45) is 5.92 Å². The molecule has 0 fully saturated rings. The van der Waals surface area contributed by atoms with Crippen molar-refractivity contribution in [3.8, 4) is 11.5 Å². The van der Waals surface area contributed by atoms with E-state index in [-0.39, 0.29) is 0 Å². The van der Waals surface area contributed by atoms with Crippen LogP contribution < -0.4 is 9.47 Å². The predicted molar refractivity (Wildman–Crippen MR) is 86.7 cm³/mol. The van der Waals surface area contributed by atoms with Crippen LogP contribution in [-0.4, -0.2) is 35.5 Å². The number of aliphatic hydroxyl groups excluding tert-OH is 1. The molecule has 0 aliphatic carbocycles. The number of esters is 1. The molecule has 0 aromatic heterocycles. The highest BCUT2D eigenvalue weighted by molar-refractivity contribution is 5.75. The number of carbonyl (C=O) groups excluding carboxylic acids is 1. The molecule has 128 valence electrons. The number of carbonyl (C=O) groups is 1. The maximum absolute atomic E-state index is 12.2. The summed E-state index contributed by atoms with van der Waals surface area (Å²) in [5.74, 6) is 0.448. The highest BCUT2D eigenvalue weighted by Gasteiger charge is 2.45. The van der Waals surface area contributed by atoms with Crippen molar-refractivity contribution >= 4 is 5.97 Å². The van der Waals surface area contributed by atoms with Crippen molar-refractivity contribution in [3.63, 3.8) is 0 Å². The van der Waals surface area contributed by atoms with Crippen molar-refractivity contribution in [1.82, 2.24) is 0 Å². The fourth-order valence-corrected chi connectivity index (χ4v) is 2.80. The van der Waals surface area contributed by atoms with E-state index in [1.54, 1.807) is 27.9 Å². The average Bonchev–Trinajstić information content (AvgIpc) is 2.42. The van der Waals surface area contributed by atoms with Gasteiger partial charge in [0.05, 0.1) is 7.11 Å². The first-order chi connectivity index (χ1) is 10.5. The van der Waals surface area contributed by atoms with E-state index >= 15 is 0 Å². The molecular weight excluding hydrogens is 296 g/mol. The Hall–Kier alpha value is -1.75. The van der Waals surface area contributed by atoms with Crippen LogP contribution in [0.25, 0.3) is 0 Å². The van der Waals surface area contributed by atoms with Crippen LogP contribution in [0.1, 0.15) is 40.2 Å². The van der Waals surface area contributed by atoms with Gasteiger partial charge < -0.3 is 19.3 Å². The summed E-state index contributed by atoms with van der Waals surface area (Å²) in [6.45, 7) is 9.08.